The lowest BCUT2D eigenvalue weighted by molar-refractivity contribution is 0.0939. The molecule has 1 unspecified atom stereocenters. The van der Waals surface area contributed by atoms with Crippen molar-refractivity contribution in [3.05, 3.63) is 53.2 Å². The summed E-state index contributed by atoms with van der Waals surface area (Å²) in [6.45, 7) is 4.99. The number of para-hydroxylation sites is 1. The van der Waals surface area contributed by atoms with Gasteiger partial charge in [0.05, 0.1) is 30.7 Å². The summed E-state index contributed by atoms with van der Waals surface area (Å²) in [6.07, 6.45) is 0.605. The van der Waals surface area contributed by atoms with Crippen molar-refractivity contribution in [3.63, 3.8) is 0 Å². The Morgan fingerprint density at radius 2 is 2.06 bits per heavy atom. The van der Waals surface area contributed by atoms with Gasteiger partial charge in [0, 0.05) is 30.9 Å². The molecule has 32 heavy (non-hydrogen) atoms. The normalized spacial score (nSPS) is 15.2. The standard InChI is InChI=1S/C24H25N3O4S/c1-15(13-17-14-16-5-3-4-6-19(16)31-17)25-23(28)24-26-21-20(29-2)8-7-18(22(21)32-24)27-9-11-30-12-10-27/h3-8,14-15H,9-13H2,1-2H3,(H,25,28). The summed E-state index contributed by atoms with van der Waals surface area (Å²) in [7, 11) is 1.62. The number of methoxy groups -OCH3 is 1. The molecule has 2 aromatic carbocycles. The van der Waals surface area contributed by atoms with Gasteiger partial charge in [0.1, 0.15) is 22.6 Å². The third-order valence-electron chi connectivity index (χ3n) is 5.61. The van der Waals surface area contributed by atoms with Gasteiger partial charge in [-0.25, -0.2) is 4.98 Å². The molecular formula is C24H25N3O4S. The molecule has 5 rings (SSSR count). The molecule has 1 saturated heterocycles. The van der Waals surface area contributed by atoms with Gasteiger partial charge in [-0.2, -0.15) is 0 Å². The van der Waals surface area contributed by atoms with E-state index in [4.69, 9.17) is 13.9 Å². The molecule has 7 nitrogen and oxygen atoms in total. The van der Waals surface area contributed by atoms with Crippen LogP contribution in [0.2, 0.25) is 0 Å². The molecule has 0 aliphatic carbocycles. The minimum Gasteiger partial charge on any atom is -0.494 e. The average Bonchev–Trinajstić information content (AvgIpc) is 3.43. The van der Waals surface area contributed by atoms with Crippen molar-refractivity contribution in [1.82, 2.24) is 10.3 Å². The van der Waals surface area contributed by atoms with Gasteiger partial charge < -0.3 is 24.1 Å². The first-order chi connectivity index (χ1) is 15.6. The fourth-order valence-corrected chi connectivity index (χ4v) is 5.09. The molecular weight excluding hydrogens is 426 g/mol. The molecule has 2 aromatic heterocycles. The van der Waals surface area contributed by atoms with Gasteiger partial charge in [-0.3, -0.25) is 4.79 Å². The van der Waals surface area contributed by atoms with E-state index in [9.17, 15) is 4.79 Å². The van der Waals surface area contributed by atoms with Crippen molar-refractivity contribution in [2.45, 2.75) is 19.4 Å². The van der Waals surface area contributed by atoms with Crippen LogP contribution < -0.4 is 15.0 Å². The van der Waals surface area contributed by atoms with E-state index in [1.165, 1.54) is 11.3 Å². The van der Waals surface area contributed by atoms with Crippen LogP contribution in [0, 0.1) is 0 Å². The maximum atomic E-state index is 13.0. The summed E-state index contributed by atoms with van der Waals surface area (Å²) in [4.78, 5) is 19.9. The van der Waals surface area contributed by atoms with Crippen LogP contribution in [0.4, 0.5) is 5.69 Å². The molecule has 1 amide bonds. The third-order valence-corrected chi connectivity index (χ3v) is 6.69. The van der Waals surface area contributed by atoms with Crippen LogP contribution in [-0.2, 0) is 11.2 Å². The van der Waals surface area contributed by atoms with Crippen molar-refractivity contribution in [2.75, 3.05) is 38.3 Å². The Bertz CT molecular complexity index is 1230. The molecule has 8 heteroatoms. The highest BCUT2D eigenvalue weighted by Gasteiger charge is 2.22. The largest absolute Gasteiger partial charge is 0.494 e. The van der Waals surface area contributed by atoms with Gasteiger partial charge in [0.15, 0.2) is 5.01 Å². The third kappa shape index (κ3) is 4.03. The maximum Gasteiger partial charge on any atom is 0.280 e. The van der Waals surface area contributed by atoms with Gasteiger partial charge in [-0.15, -0.1) is 11.3 Å². The molecule has 0 bridgehead atoms. The molecule has 1 aliphatic heterocycles. The number of carbonyl (C=O) groups is 1. The molecule has 1 fully saturated rings. The number of nitrogens with zero attached hydrogens (tertiary/aromatic N) is 2. The number of hydrogen-bond donors (Lipinski definition) is 1. The second kappa shape index (κ2) is 8.80. The van der Waals surface area contributed by atoms with Crippen LogP contribution in [0.25, 0.3) is 21.2 Å². The van der Waals surface area contributed by atoms with Crippen molar-refractivity contribution < 1.29 is 18.7 Å². The maximum absolute atomic E-state index is 13.0. The second-order valence-corrected chi connectivity index (χ2v) is 8.91. The number of amides is 1. The molecule has 1 N–H and O–H groups in total. The lowest BCUT2D eigenvalue weighted by atomic mass is 10.2. The van der Waals surface area contributed by atoms with E-state index in [-0.39, 0.29) is 11.9 Å². The van der Waals surface area contributed by atoms with Gasteiger partial charge in [-0.1, -0.05) is 18.2 Å². The first kappa shape index (κ1) is 20.8. The predicted octanol–water partition coefficient (Wildman–Crippen LogP) is 4.25. The Morgan fingerprint density at radius 3 is 2.84 bits per heavy atom. The number of hydrogen-bond acceptors (Lipinski definition) is 7. The number of benzene rings is 2. The van der Waals surface area contributed by atoms with Gasteiger partial charge in [-0.05, 0) is 31.2 Å². The number of ether oxygens (including phenoxy) is 2. The Morgan fingerprint density at radius 1 is 1.25 bits per heavy atom. The lowest BCUT2D eigenvalue weighted by Gasteiger charge is -2.29. The van der Waals surface area contributed by atoms with Gasteiger partial charge in [0.2, 0.25) is 0 Å². The van der Waals surface area contributed by atoms with Crippen LogP contribution in [0.5, 0.6) is 5.75 Å². The summed E-state index contributed by atoms with van der Waals surface area (Å²) in [5, 5.41) is 4.55. The SMILES string of the molecule is COc1ccc(N2CCOCC2)c2sc(C(=O)NC(C)Cc3cc4ccccc4o3)nc12. The van der Waals surface area contributed by atoms with E-state index in [1.807, 2.05) is 49.4 Å². The Hall–Kier alpha value is -3.10. The minimum absolute atomic E-state index is 0.101. The van der Waals surface area contributed by atoms with Crippen LogP contribution in [0.1, 0.15) is 22.5 Å². The van der Waals surface area contributed by atoms with E-state index >= 15 is 0 Å². The van der Waals surface area contributed by atoms with E-state index in [2.05, 4.69) is 15.2 Å². The zero-order valence-electron chi connectivity index (χ0n) is 18.1. The topological polar surface area (TPSA) is 76.8 Å². The second-order valence-electron chi connectivity index (χ2n) is 7.91. The molecule has 1 aliphatic rings. The highest BCUT2D eigenvalue weighted by Crippen LogP contribution is 2.38. The predicted molar refractivity (Wildman–Crippen MR) is 126 cm³/mol. The highest BCUT2D eigenvalue weighted by molar-refractivity contribution is 7.21. The van der Waals surface area contributed by atoms with E-state index in [0.717, 1.165) is 45.7 Å². The Kier molecular flexibility index (Phi) is 5.71. The quantitative estimate of drug-likeness (QED) is 0.472. The first-order valence-corrected chi connectivity index (χ1v) is 11.5. The number of carbonyl (C=O) groups excluding carboxylic acids is 1. The number of rotatable bonds is 6. The number of nitrogens with one attached hydrogen (secondary N) is 1. The van der Waals surface area contributed by atoms with Crippen LogP contribution in [0.3, 0.4) is 0 Å². The number of morpholine rings is 1. The van der Waals surface area contributed by atoms with Crippen molar-refractivity contribution >= 4 is 44.1 Å². The molecule has 1 atom stereocenters. The summed E-state index contributed by atoms with van der Waals surface area (Å²) < 4.78 is 17.8. The van der Waals surface area contributed by atoms with E-state index in [1.54, 1.807) is 7.11 Å². The fourth-order valence-electron chi connectivity index (χ4n) is 4.06. The molecule has 0 saturated carbocycles. The number of aromatic nitrogens is 1. The van der Waals surface area contributed by atoms with Crippen molar-refractivity contribution in [1.29, 1.82) is 0 Å². The smallest absolute Gasteiger partial charge is 0.280 e. The summed E-state index contributed by atoms with van der Waals surface area (Å²) in [5.74, 6) is 1.33. The van der Waals surface area contributed by atoms with Crippen LogP contribution in [-0.4, -0.2) is 50.3 Å². The Balaban J connectivity index is 1.36. The van der Waals surface area contributed by atoms with Crippen LogP contribution >= 0.6 is 11.3 Å². The first-order valence-electron chi connectivity index (χ1n) is 10.7. The summed E-state index contributed by atoms with van der Waals surface area (Å²) in [6, 6.07) is 13.8. The monoisotopic (exact) mass is 451 g/mol. The van der Waals surface area contributed by atoms with Gasteiger partial charge >= 0.3 is 0 Å². The number of thiazole rings is 1. The van der Waals surface area contributed by atoms with Crippen molar-refractivity contribution in [3.8, 4) is 5.75 Å². The molecule has 3 heterocycles. The van der Waals surface area contributed by atoms with Crippen molar-refractivity contribution in [2.24, 2.45) is 0 Å². The molecule has 0 spiro atoms. The lowest BCUT2D eigenvalue weighted by Crippen LogP contribution is -2.36. The fraction of sp³-hybridized carbons (Fsp3) is 0.333. The Labute approximate surface area is 189 Å². The highest BCUT2D eigenvalue weighted by atomic mass is 32.1. The summed E-state index contributed by atoms with van der Waals surface area (Å²) in [5.41, 5.74) is 2.64. The van der Waals surface area contributed by atoms with Crippen LogP contribution in [0.15, 0.2) is 46.9 Å². The molecule has 166 valence electrons. The summed E-state index contributed by atoms with van der Waals surface area (Å²) >= 11 is 1.40. The number of fused-ring (bicyclic) bond motifs is 2. The zero-order chi connectivity index (χ0) is 22.1. The van der Waals surface area contributed by atoms with E-state index in [0.29, 0.717) is 30.4 Å². The minimum atomic E-state index is -0.190. The molecule has 4 aromatic rings. The van der Waals surface area contributed by atoms with E-state index < -0.39 is 0 Å². The number of furan rings is 1. The number of anilines is 1. The molecule has 0 radical (unpaired) electrons. The van der Waals surface area contributed by atoms with Gasteiger partial charge in [0.25, 0.3) is 5.91 Å². The zero-order valence-corrected chi connectivity index (χ0v) is 18.9. The average molecular weight is 452 g/mol.